The Labute approximate surface area is 192 Å². The number of amides is 1. The Bertz CT molecular complexity index is 1320. The Morgan fingerprint density at radius 1 is 1.09 bits per heavy atom. The number of halogens is 3. The first kappa shape index (κ1) is 23.1. The third-order valence-electron chi connectivity index (χ3n) is 4.94. The highest BCUT2D eigenvalue weighted by molar-refractivity contribution is 5.92. The summed E-state index contributed by atoms with van der Waals surface area (Å²) in [7, 11) is 0. The molecule has 0 spiro atoms. The molecule has 0 bridgehead atoms. The number of nitrogens with zero attached hydrogens (tertiary/aromatic N) is 5. The molecule has 11 heteroatoms. The van der Waals surface area contributed by atoms with Crippen LogP contribution in [0.25, 0.3) is 17.3 Å². The summed E-state index contributed by atoms with van der Waals surface area (Å²) < 4.78 is 46.5. The number of hydrogen-bond donors (Lipinski definition) is 1. The Morgan fingerprint density at radius 2 is 1.85 bits per heavy atom. The first-order chi connectivity index (χ1) is 16.0. The molecule has 0 atom stereocenters. The minimum atomic E-state index is -4.51. The van der Waals surface area contributed by atoms with Crippen molar-refractivity contribution in [2.75, 3.05) is 0 Å². The van der Waals surface area contributed by atoms with Crippen molar-refractivity contribution >= 4 is 5.91 Å². The quantitative estimate of drug-likeness (QED) is 0.459. The van der Waals surface area contributed by atoms with Crippen LogP contribution in [0.2, 0.25) is 0 Å². The van der Waals surface area contributed by atoms with Crippen LogP contribution in [0.4, 0.5) is 13.2 Å². The van der Waals surface area contributed by atoms with Crippen LogP contribution in [0, 0.1) is 0 Å². The molecule has 1 aromatic carbocycles. The molecule has 0 aliphatic carbocycles. The Balaban J connectivity index is 1.55. The number of hydrogen-bond acceptors (Lipinski definition) is 6. The van der Waals surface area contributed by atoms with Crippen molar-refractivity contribution in [1.82, 2.24) is 30.0 Å². The molecule has 4 rings (SSSR count). The summed E-state index contributed by atoms with van der Waals surface area (Å²) in [6, 6.07) is 8.53. The summed E-state index contributed by atoms with van der Waals surface area (Å²) in [4.78, 5) is 25.4. The van der Waals surface area contributed by atoms with Crippen molar-refractivity contribution < 1.29 is 22.5 Å². The predicted octanol–water partition coefficient (Wildman–Crippen LogP) is 4.56. The molecule has 176 valence electrons. The largest absolute Gasteiger partial charge is 0.416 e. The number of carbonyl (C=O) groups is 1. The Hall–Kier alpha value is -4.02. The van der Waals surface area contributed by atoms with Crippen LogP contribution in [0.15, 0.2) is 59.6 Å². The van der Waals surface area contributed by atoms with Crippen LogP contribution in [-0.4, -0.2) is 30.6 Å². The van der Waals surface area contributed by atoms with E-state index in [1.807, 2.05) is 20.8 Å². The normalized spacial score (nSPS) is 12.1. The van der Waals surface area contributed by atoms with Gasteiger partial charge in [0.05, 0.1) is 11.1 Å². The maximum absolute atomic E-state index is 13.2. The fraction of sp³-hybridized carbons (Fsp3) is 0.261. The number of nitrogens with one attached hydrogen (secondary N) is 1. The molecule has 0 saturated heterocycles. The van der Waals surface area contributed by atoms with E-state index in [-0.39, 0.29) is 29.1 Å². The molecule has 3 heterocycles. The molecule has 4 aromatic rings. The SMILES string of the molecule is CC(C)(C)c1noc(-c2cccnc2-n2cnc(C(=O)NCc3ccccc3C(F)(F)F)c2)n1. The van der Waals surface area contributed by atoms with Gasteiger partial charge in [-0.1, -0.05) is 44.1 Å². The Kier molecular flexibility index (Phi) is 5.94. The van der Waals surface area contributed by atoms with E-state index in [1.165, 1.54) is 35.3 Å². The highest BCUT2D eigenvalue weighted by atomic mass is 19.4. The molecule has 3 aromatic heterocycles. The lowest BCUT2D eigenvalue weighted by Gasteiger charge is -2.12. The van der Waals surface area contributed by atoms with Crippen LogP contribution in [0.1, 0.15) is 48.2 Å². The molecule has 0 aliphatic heterocycles. The van der Waals surface area contributed by atoms with Crippen molar-refractivity contribution in [3.63, 3.8) is 0 Å². The van der Waals surface area contributed by atoms with E-state index in [9.17, 15) is 18.0 Å². The van der Waals surface area contributed by atoms with Gasteiger partial charge in [-0.05, 0) is 23.8 Å². The second-order valence-electron chi connectivity index (χ2n) is 8.55. The van der Waals surface area contributed by atoms with Gasteiger partial charge in [0.1, 0.15) is 12.0 Å². The van der Waals surface area contributed by atoms with Crippen molar-refractivity contribution in [2.45, 2.75) is 38.9 Å². The van der Waals surface area contributed by atoms with E-state index in [1.54, 1.807) is 18.3 Å². The van der Waals surface area contributed by atoms with Gasteiger partial charge in [-0.2, -0.15) is 18.2 Å². The highest BCUT2D eigenvalue weighted by Crippen LogP contribution is 2.32. The fourth-order valence-corrected chi connectivity index (χ4v) is 3.18. The first-order valence-corrected chi connectivity index (χ1v) is 10.3. The van der Waals surface area contributed by atoms with Gasteiger partial charge in [0, 0.05) is 24.4 Å². The van der Waals surface area contributed by atoms with Crippen LogP contribution < -0.4 is 5.32 Å². The molecular weight excluding hydrogens is 449 g/mol. The summed E-state index contributed by atoms with van der Waals surface area (Å²) in [5.41, 5.74) is -0.597. The molecule has 0 radical (unpaired) electrons. The lowest BCUT2D eigenvalue weighted by atomic mass is 9.96. The third kappa shape index (κ3) is 4.82. The van der Waals surface area contributed by atoms with E-state index >= 15 is 0 Å². The van der Waals surface area contributed by atoms with Gasteiger partial charge in [-0.3, -0.25) is 9.36 Å². The zero-order chi connectivity index (χ0) is 24.5. The van der Waals surface area contributed by atoms with Crippen molar-refractivity contribution in [1.29, 1.82) is 0 Å². The van der Waals surface area contributed by atoms with E-state index < -0.39 is 17.6 Å². The summed E-state index contributed by atoms with van der Waals surface area (Å²) in [6.45, 7) is 5.58. The number of pyridine rings is 1. The monoisotopic (exact) mass is 470 g/mol. The van der Waals surface area contributed by atoms with Gasteiger partial charge >= 0.3 is 6.18 Å². The second kappa shape index (κ2) is 8.73. The van der Waals surface area contributed by atoms with Gasteiger partial charge in [-0.15, -0.1) is 0 Å². The zero-order valence-electron chi connectivity index (χ0n) is 18.6. The van der Waals surface area contributed by atoms with Crippen molar-refractivity contribution in [3.8, 4) is 17.3 Å². The summed E-state index contributed by atoms with van der Waals surface area (Å²) >= 11 is 0. The maximum atomic E-state index is 13.2. The summed E-state index contributed by atoms with van der Waals surface area (Å²) in [6.07, 6.45) is -0.142. The van der Waals surface area contributed by atoms with E-state index in [0.717, 1.165) is 6.07 Å². The minimum absolute atomic E-state index is 0.0157. The van der Waals surface area contributed by atoms with E-state index in [4.69, 9.17) is 4.52 Å². The molecule has 1 amide bonds. The van der Waals surface area contributed by atoms with Gasteiger partial charge in [0.2, 0.25) is 0 Å². The van der Waals surface area contributed by atoms with Gasteiger partial charge < -0.3 is 9.84 Å². The minimum Gasteiger partial charge on any atom is -0.347 e. The molecule has 1 N–H and O–H groups in total. The van der Waals surface area contributed by atoms with Crippen LogP contribution >= 0.6 is 0 Å². The van der Waals surface area contributed by atoms with Crippen LogP contribution in [0.3, 0.4) is 0 Å². The molecular formula is C23H21F3N6O2. The van der Waals surface area contributed by atoms with Crippen LogP contribution in [0.5, 0.6) is 0 Å². The lowest BCUT2D eigenvalue weighted by Crippen LogP contribution is -2.24. The standard InChI is InChI=1S/C23H21F3N6O2/c1-22(2,3)21-30-20(34-31-21)15-8-6-10-27-18(15)32-12-17(29-13-32)19(33)28-11-14-7-4-5-9-16(14)23(24,25)26/h4-10,12-13H,11H2,1-3H3,(H,28,33). The molecule has 0 aliphatic rings. The van der Waals surface area contributed by atoms with E-state index in [2.05, 4.69) is 25.4 Å². The summed E-state index contributed by atoms with van der Waals surface area (Å²) in [5, 5.41) is 6.51. The number of carbonyl (C=O) groups excluding carboxylic acids is 1. The average Bonchev–Trinajstić information content (AvgIpc) is 3.47. The molecule has 0 fully saturated rings. The summed E-state index contributed by atoms with van der Waals surface area (Å²) in [5.74, 6) is 0.570. The fourth-order valence-electron chi connectivity index (χ4n) is 3.18. The Morgan fingerprint density at radius 3 is 2.56 bits per heavy atom. The average molecular weight is 470 g/mol. The second-order valence-corrected chi connectivity index (χ2v) is 8.55. The molecule has 0 saturated carbocycles. The zero-order valence-corrected chi connectivity index (χ0v) is 18.6. The number of alkyl halides is 3. The number of imidazole rings is 1. The van der Waals surface area contributed by atoms with Gasteiger partial charge in [-0.25, -0.2) is 9.97 Å². The molecule has 0 unspecified atom stereocenters. The smallest absolute Gasteiger partial charge is 0.347 e. The maximum Gasteiger partial charge on any atom is 0.416 e. The highest BCUT2D eigenvalue weighted by Gasteiger charge is 2.33. The van der Waals surface area contributed by atoms with Gasteiger partial charge in [0.25, 0.3) is 11.8 Å². The van der Waals surface area contributed by atoms with Crippen LogP contribution in [-0.2, 0) is 18.1 Å². The van der Waals surface area contributed by atoms with Crippen molar-refractivity contribution in [2.24, 2.45) is 0 Å². The van der Waals surface area contributed by atoms with Crippen molar-refractivity contribution in [3.05, 3.63) is 77.8 Å². The first-order valence-electron chi connectivity index (χ1n) is 10.3. The third-order valence-corrected chi connectivity index (χ3v) is 4.94. The number of benzene rings is 1. The predicted molar refractivity (Wildman–Crippen MR) is 116 cm³/mol. The van der Waals surface area contributed by atoms with E-state index in [0.29, 0.717) is 17.2 Å². The lowest BCUT2D eigenvalue weighted by molar-refractivity contribution is -0.138. The number of rotatable bonds is 5. The topological polar surface area (TPSA) is 98.7 Å². The van der Waals surface area contributed by atoms with Gasteiger partial charge in [0.15, 0.2) is 11.6 Å². The molecule has 8 nitrogen and oxygen atoms in total. The molecule has 34 heavy (non-hydrogen) atoms. The number of aromatic nitrogens is 5.